The Hall–Kier alpha value is -3.63. The van der Waals surface area contributed by atoms with Crippen molar-refractivity contribution in [3.63, 3.8) is 0 Å². The van der Waals surface area contributed by atoms with Gasteiger partial charge in [0.05, 0.1) is 23.5 Å². The second kappa shape index (κ2) is 17.9. The summed E-state index contributed by atoms with van der Waals surface area (Å²) in [5.41, 5.74) is 4.00. The Morgan fingerprint density at radius 2 is 1.40 bits per heavy atom. The van der Waals surface area contributed by atoms with E-state index in [0.717, 1.165) is 53.2 Å². The second-order valence-corrected chi connectivity index (χ2v) is 11.8. The largest absolute Gasteiger partial charge is 0.390 e. The number of nitrogens with zero attached hydrogens (tertiary/aromatic N) is 7. The van der Waals surface area contributed by atoms with Gasteiger partial charge in [-0.3, -0.25) is 0 Å². The molecule has 0 saturated heterocycles. The predicted octanol–water partition coefficient (Wildman–Crippen LogP) is 7.35. The van der Waals surface area contributed by atoms with Crippen molar-refractivity contribution < 1.29 is 4.57 Å². The molecule has 0 atom stereocenters. The lowest BCUT2D eigenvalue weighted by atomic mass is 10.3. The molecule has 0 aliphatic heterocycles. The number of anilines is 2. The summed E-state index contributed by atoms with van der Waals surface area (Å²) >= 11 is 0. The van der Waals surface area contributed by atoms with E-state index in [9.17, 15) is 0 Å². The molecule has 3 rings (SSSR count). The smallest absolute Gasteiger partial charge is 0.350 e. The predicted molar refractivity (Wildman–Crippen MR) is 173 cm³/mol. The van der Waals surface area contributed by atoms with Crippen LogP contribution < -0.4 is 19.7 Å². The number of benzene rings is 2. The highest BCUT2D eigenvalue weighted by molar-refractivity contribution is 8.76. The van der Waals surface area contributed by atoms with Crippen LogP contribution in [0.1, 0.15) is 0 Å². The average Bonchev–Trinajstić information content (AvgIpc) is 2.97. The monoisotopic (exact) mass is 575 g/mol. The zero-order valence-corrected chi connectivity index (χ0v) is 25.4. The number of rotatable bonds is 16. The van der Waals surface area contributed by atoms with E-state index in [4.69, 9.17) is 0 Å². The highest BCUT2D eigenvalue weighted by atomic mass is 33.1. The van der Waals surface area contributed by atoms with Crippen LogP contribution in [-0.2, 0) is 6.54 Å². The van der Waals surface area contributed by atoms with Crippen molar-refractivity contribution in [3.05, 3.63) is 97.4 Å². The van der Waals surface area contributed by atoms with Crippen molar-refractivity contribution in [1.82, 2.24) is 5.32 Å². The molecule has 210 valence electrons. The van der Waals surface area contributed by atoms with Crippen LogP contribution in [0.4, 0.5) is 28.6 Å². The van der Waals surface area contributed by atoms with Crippen LogP contribution >= 0.6 is 21.6 Å². The van der Waals surface area contributed by atoms with Crippen molar-refractivity contribution >= 4 is 50.2 Å². The van der Waals surface area contributed by atoms with E-state index in [0.29, 0.717) is 6.54 Å². The molecule has 0 unspecified atom stereocenters. The van der Waals surface area contributed by atoms with Crippen LogP contribution in [0, 0.1) is 0 Å². The van der Waals surface area contributed by atoms with Crippen LogP contribution in [0.25, 0.3) is 0 Å². The maximum Gasteiger partial charge on any atom is 0.350 e. The number of azo groups is 2. The van der Waals surface area contributed by atoms with Gasteiger partial charge in [-0.2, -0.15) is 10.2 Å². The molecule has 40 heavy (non-hydrogen) atoms. The molecule has 3 aromatic rings. The maximum absolute atomic E-state index is 4.48. The molecule has 0 amide bonds. The molecule has 0 aliphatic rings. The van der Waals surface area contributed by atoms with Gasteiger partial charge < -0.3 is 15.1 Å². The number of pyridine rings is 1. The third kappa shape index (κ3) is 11.6. The lowest BCUT2D eigenvalue weighted by Crippen LogP contribution is -2.34. The summed E-state index contributed by atoms with van der Waals surface area (Å²) in [4.78, 5) is 4.13. The molecule has 0 fully saturated rings. The highest BCUT2D eigenvalue weighted by Crippen LogP contribution is 2.22. The number of hydrogen-bond acceptors (Lipinski definition) is 9. The van der Waals surface area contributed by atoms with E-state index >= 15 is 0 Å². The first-order valence-corrected chi connectivity index (χ1v) is 15.6. The third-order valence-corrected chi connectivity index (χ3v) is 7.97. The summed E-state index contributed by atoms with van der Waals surface area (Å²) < 4.78 is 2.14. The number of nitrogens with one attached hydrogen (secondary N) is 1. The Morgan fingerprint density at radius 1 is 0.750 bits per heavy atom. The first-order chi connectivity index (χ1) is 19.5. The Morgan fingerprint density at radius 3 is 2.08 bits per heavy atom. The summed E-state index contributed by atoms with van der Waals surface area (Å²) in [6, 6.07) is 22.1. The number of allylic oxidation sites excluding steroid dienone is 2. The summed E-state index contributed by atoms with van der Waals surface area (Å²) in [6.07, 6.45) is 9.96. The molecule has 2 aromatic carbocycles. The minimum Gasteiger partial charge on any atom is -0.390 e. The molecule has 0 spiro atoms. The average molecular weight is 576 g/mol. The first-order valence-electron chi connectivity index (χ1n) is 13.1. The van der Waals surface area contributed by atoms with Gasteiger partial charge in [0.2, 0.25) is 0 Å². The van der Waals surface area contributed by atoms with Crippen molar-refractivity contribution in [2.24, 2.45) is 20.5 Å². The van der Waals surface area contributed by atoms with Crippen LogP contribution in [0.5, 0.6) is 0 Å². The van der Waals surface area contributed by atoms with Crippen molar-refractivity contribution in [2.75, 3.05) is 62.6 Å². The minimum atomic E-state index is 0.554. The third-order valence-electron chi connectivity index (χ3n) is 5.58. The maximum atomic E-state index is 4.48. The topological polar surface area (TPSA) is 71.8 Å². The molecule has 0 aliphatic carbocycles. The standard InChI is InChI=1S/C30H39N8S2/c1-36(2)28-15-11-26(12-16-28)33-32-20-8-5-7-19-31-21-24-39-40-25-23-38-22-9-6-10-30(38)35-34-27-13-17-29(18-14-27)37(3)4/h5-19,22,31H,20-21,23-25H2,1-4H3/q+1/b8-5-,19-7-,33-32+. The zero-order valence-electron chi connectivity index (χ0n) is 23.7. The quantitative estimate of drug-likeness (QED) is 0.0636. The summed E-state index contributed by atoms with van der Waals surface area (Å²) in [5.74, 6) is 2.87. The molecule has 0 saturated carbocycles. The van der Waals surface area contributed by atoms with Gasteiger partial charge in [-0.15, -0.1) is 0 Å². The van der Waals surface area contributed by atoms with Gasteiger partial charge in [0, 0.05) is 63.7 Å². The lowest BCUT2D eigenvalue weighted by Gasteiger charge is -2.11. The normalized spacial score (nSPS) is 11.8. The molecule has 1 N–H and O–H groups in total. The Bertz CT molecular complexity index is 1250. The van der Waals surface area contributed by atoms with Gasteiger partial charge in [-0.25, -0.2) is 4.57 Å². The van der Waals surface area contributed by atoms with Crippen LogP contribution in [0.15, 0.2) is 118 Å². The first kappa shape index (κ1) is 30.9. The Kier molecular flexibility index (Phi) is 13.8. The van der Waals surface area contributed by atoms with Gasteiger partial charge in [-0.1, -0.05) is 39.8 Å². The molecular formula is C30H39N8S2+. The fourth-order valence-electron chi connectivity index (χ4n) is 3.36. The van der Waals surface area contributed by atoms with Crippen molar-refractivity contribution in [2.45, 2.75) is 6.54 Å². The molecule has 0 bridgehead atoms. The van der Waals surface area contributed by atoms with Gasteiger partial charge in [0.15, 0.2) is 0 Å². The van der Waals surface area contributed by atoms with E-state index in [2.05, 4.69) is 46.3 Å². The van der Waals surface area contributed by atoms with Crippen LogP contribution in [-0.4, -0.2) is 52.8 Å². The number of aryl methyl sites for hydroxylation is 1. The molecule has 8 nitrogen and oxygen atoms in total. The van der Waals surface area contributed by atoms with Crippen molar-refractivity contribution in [1.29, 1.82) is 0 Å². The highest BCUT2D eigenvalue weighted by Gasteiger charge is 2.09. The molecule has 0 radical (unpaired) electrons. The van der Waals surface area contributed by atoms with Crippen LogP contribution in [0.3, 0.4) is 0 Å². The van der Waals surface area contributed by atoms with E-state index in [1.807, 2.05) is 141 Å². The molecule has 10 heteroatoms. The van der Waals surface area contributed by atoms with Gasteiger partial charge in [-0.05, 0) is 72.0 Å². The lowest BCUT2D eigenvalue weighted by molar-refractivity contribution is -0.679. The zero-order chi connectivity index (χ0) is 28.4. The number of hydrogen-bond donors (Lipinski definition) is 1. The van der Waals surface area contributed by atoms with Gasteiger partial charge in [0.1, 0.15) is 12.2 Å². The number of aromatic nitrogens is 1. The van der Waals surface area contributed by atoms with E-state index < -0.39 is 0 Å². The summed E-state index contributed by atoms with van der Waals surface area (Å²) in [6.45, 7) is 2.34. The fraction of sp³-hybridized carbons (Fsp3) is 0.300. The van der Waals surface area contributed by atoms with E-state index in [1.54, 1.807) is 0 Å². The van der Waals surface area contributed by atoms with Gasteiger partial charge >= 0.3 is 5.82 Å². The SMILES string of the molecule is CN(C)c1ccc(/N=N/C/C=C\C=C/NCCSSCC[n+]2ccccc2/N=N/c2ccc(N(C)C)cc2)cc1. The summed E-state index contributed by atoms with van der Waals surface area (Å²) in [7, 11) is 11.8. The second-order valence-electron chi connectivity index (χ2n) is 9.08. The minimum absolute atomic E-state index is 0.554. The fourth-order valence-corrected chi connectivity index (χ4v) is 5.25. The summed E-state index contributed by atoms with van der Waals surface area (Å²) in [5, 5.41) is 20.6. The molecular weight excluding hydrogens is 537 g/mol. The van der Waals surface area contributed by atoms with E-state index in [1.165, 1.54) is 0 Å². The molecule has 1 aromatic heterocycles. The van der Waals surface area contributed by atoms with Gasteiger partial charge in [0.25, 0.3) is 0 Å². The van der Waals surface area contributed by atoms with Crippen molar-refractivity contribution in [3.8, 4) is 0 Å². The Labute approximate surface area is 246 Å². The van der Waals surface area contributed by atoms with Crippen LogP contribution in [0.2, 0.25) is 0 Å². The van der Waals surface area contributed by atoms with E-state index in [-0.39, 0.29) is 0 Å². The Balaban J connectivity index is 1.26. The molecule has 1 heterocycles.